The number of amides is 6. The van der Waals surface area contributed by atoms with E-state index in [4.69, 9.17) is 11.5 Å². The van der Waals surface area contributed by atoms with E-state index in [-0.39, 0.29) is 31.8 Å². The van der Waals surface area contributed by atoms with E-state index in [1.165, 1.54) is 27.7 Å². The summed E-state index contributed by atoms with van der Waals surface area (Å²) >= 11 is 0. The lowest BCUT2D eigenvalue weighted by atomic mass is 10.0. The molecule has 0 aliphatic rings. The highest BCUT2D eigenvalue weighted by Crippen LogP contribution is 2.06. The molecule has 0 radical (unpaired) electrons. The maximum absolute atomic E-state index is 13.4. The molecule has 11 N–H and O–H groups in total. The summed E-state index contributed by atoms with van der Waals surface area (Å²) in [6.45, 7) is 5.63. The molecule has 0 saturated heterocycles. The number of benzene rings is 2. The predicted molar refractivity (Wildman–Crippen MR) is 188 cm³/mol. The Balaban J connectivity index is 2.09. The molecule has 276 valence electrons. The molecule has 0 saturated carbocycles. The molecule has 0 fully saturated rings. The van der Waals surface area contributed by atoms with Gasteiger partial charge in [0.1, 0.15) is 36.3 Å². The van der Waals surface area contributed by atoms with Crippen LogP contribution < -0.4 is 43.4 Å². The number of nitrogens with zero attached hydrogens (tertiary/aromatic N) is 1. The largest absolute Gasteiger partial charge is 0.480 e. The lowest BCUT2D eigenvalue weighted by Gasteiger charge is -2.25. The van der Waals surface area contributed by atoms with E-state index in [0.717, 1.165) is 0 Å². The zero-order valence-electron chi connectivity index (χ0n) is 29.0. The molecular formula is C34H47N9O8. The van der Waals surface area contributed by atoms with Crippen molar-refractivity contribution in [3.8, 4) is 0 Å². The number of aliphatic imine (C=N–C) groups is 1. The number of nitrogens with one attached hydrogen (secondary N) is 6. The molecule has 17 heteroatoms. The minimum Gasteiger partial charge on any atom is -0.480 e. The van der Waals surface area contributed by atoms with Gasteiger partial charge < -0.3 is 48.5 Å². The quantitative estimate of drug-likeness (QED) is 0.0471. The summed E-state index contributed by atoms with van der Waals surface area (Å²) in [5, 5.41) is 24.3. The molecule has 6 unspecified atom stereocenters. The van der Waals surface area contributed by atoms with Gasteiger partial charge >= 0.3 is 5.97 Å². The first-order valence-electron chi connectivity index (χ1n) is 16.3. The molecule has 17 nitrogen and oxygen atoms in total. The minimum atomic E-state index is -1.26. The summed E-state index contributed by atoms with van der Waals surface area (Å²) in [4.78, 5) is 93.1. The normalized spacial score (nSPS) is 14.1. The van der Waals surface area contributed by atoms with Crippen LogP contribution in [0.25, 0.3) is 0 Å². The Morgan fingerprint density at radius 2 is 1.06 bits per heavy atom. The van der Waals surface area contributed by atoms with Gasteiger partial charge in [-0.15, -0.1) is 0 Å². The molecule has 0 aromatic heterocycles. The van der Waals surface area contributed by atoms with E-state index >= 15 is 0 Å². The SMILES string of the molecule is CC(NC(=O)C(Cc1ccccc1)NC(=O)C(C)NC(=O)C(CCCN=C(N)N)NC(=O)C(C)NC(=O)C(C)NC(=O)c1ccccc1)C(=O)O. The Bertz CT molecular complexity index is 1550. The highest BCUT2D eigenvalue weighted by atomic mass is 16.4. The number of carboxylic acid groups (broad SMARTS) is 1. The number of aliphatic carboxylic acids is 1. The van der Waals surface area contributed by atoms with E-state index in [9.17, 15) is 38.7 Å². The molecule has 6 amide bonds. The van der Waals surface area contributed by atoms with Crippen molar-refractivity contribution in [2.45, 2.75) is 83.2 Å². The van der Waals surface area contributed by atoms with Gasteiger partial charge in [-0.1, -0.05) is 48.5 Å². The Hall–Kier alpha value is -6.00. The zero-order chi connectivity index (χ0) is 38.1. The fourth-order valence-corrected chi connectivity index (χ4v) is 4.52. The Morgan fingerprint density at radius 3 is 1.61 bits per heavy atom. The zero-order valence-corrected chi connectivity index (χ0v) is 29.0. The topological polar surface area (TPSA) is 276 Å². The van der Waals surface area contributed by atoms with Crippen LogP contribution in [0.5, 0.6) is 0 Å². The number of hydrogen-bond donors (Lipinski definition) is 9. The van der Waals surface area contributed by atoms with Crippen molar-refractivity contribution in [2.24, 2.45) is 16.5 Å². The number of rotatable bonds is 19. The van der Waals surface area contributed by atoms with Crippen LogP contribution in [-0.2, 0) is 35.2 Å². The second-order valence-electron chi connectivity index (χ2n) is 11.9. The van der Waals surface area contributed by atoms with Crippen LogP contribution in [-0.4, -0.2) is 95.3 Å². The number of nitrogens with two attached hydrogens (primary N) is 2. The molecule has 0 bridgehead atoms. The van der Waals surface area contributed by atoms with E-state index in [2.05, 4.69) is 36.9 Å². The summed E-state index contributed by atoms with van der Waals surface area (Å²) in [5.41, 5.74) is 11.8. The number of carbonyl (C=O) groups is 7. The summed E-state index contributed by atoms with van der Waals surface area (Å²) in [6.07, 6.45) is 0.327. The molecule has 0 aliphatic heterocycles. The molecule has 2 aromatic carbocycles. The summed E-state index contributed by atoms with van der Waals surface area (Å²) in [7, 11) is 0. The van der Waals surface area contributed by atoms with Crippen molar-refractivity contribution in [3.05, 3.63) is 71.8 Å². The van der Waals surface area contributed by atoms with Gasteiger partial charge in [-0.25, -0.2) is 0 Å². The van der Waals surface area contributed by atoms with Gasteiger partial charge in [0, 0.05) is 18.5 Å². The molecule has 0 spiro atoms. The molecule has 0 heterocycles. The molecule has 0 aliphatic carbocycles. The first kappa shape index (κ1) is 41.2. The van der Waals surface area contributed by atoms with Crippen molar-refractivity contribution in [1.29, 1.82) is 0 Å². The molecule has 6 atom stereocenters. The maximum Gasteiger partial charge on any atom is 0.325 e. The van der Waals surface area contributed by atoms with E-state index in [0.29, 0.717) is 11.1 Å². The van der Waals surface area contributed by atoms with Crippen molar-refractivity contribution >= 4 is 47.4 Å². The van der Waals surface area contributed by atoms with Gasteiger partial charge in [0.25, 0.3) is 5.91 Å². The Kier molecular flexibility index (Phi) is 16.5. The van der Waals surface area contributed by atoms with Crippen LogP contribution >= 0.6 is 0 Å². The van der Waals surface area contributed by atoms with Crippen LogP contribution in [0.4, 0.5) is 0 Å². The van der Waals surface area contributed by atoms with Crippen LogP contribution in [0.15, 0.2) is 65.7 Å². The third-order valence-electron chi connectivity index (χ3n) is 7.50. The molecule has 51 heavy (non-hydrogen) atoms. The Labute approximate surface area is 295 Å². The first-order chi connectivity index (χ1) is 24.1. The van der Waals surface area contributed by atoms with Crippen LogP contribution in [0.3, 0.4) is 0 Å². The number of carbonyl (C=O) groups excluding carboxylic acids is 6. The van der Waals surface area contributed by atoms with E-state index < -0.39 is 77.7 Å². The number of guanidine groups is 1. The minimum absolute atomic E-state index is 0.0348. The van der Waals surface area contributed by atoms with Crippen molar-refractivity contribution < 1.29 is 38.7 Å². The van der Waals surface area contributed by atoms with Crippen LogP contribution in [0, 0.1) is 0 Å². The molecule has 2 rings (SSSR count). The predicted octanol–water partition coefficient (Wildman–Crippen LogP) is -1.33. The second kappa shape index (κ2) is 20.5. The van der Waals surface area contributed by atoms with Gasteiger partial charge in [-0.2, -0.15) is 0 Å². The molecule has 2 aromatic rings. The van der Waals surface area contributed by atoms with Gasteiger partial charge in [-0.05, 0) is 58.2 Å². The standard InChI is InChI=1S/C34H47N9O8/c1-19(39-30(47)24-14-9-6-10-15-24)27(44)38-20(2)28(45)42-25(16-11-17-37-34(35)36)31(48)40-21(3)29(46)43-26(18-23-12-7-5-8-13-23)32(49)41-22(4)33(50)51/h5-10,12-15,19-22,25-26H,11,16-18H2,1-4H3,(H,38,44)(H,39,47)(H,40,48)(H,41,49)(H,42,45)(H,43,46)(H,50,51)(H4,35,36,37). The fourth-order valence-electron chi connectivity index (χ4n) is 4.52. The summed E-state index contributed by atoms with van der Waals surface area (Å²) < 4.78 is 0. The average Bonchev–Trinajstić information content (AvgIpc) is 3.09. The average molecular weight is 710 g/mol. The van der Waals surface area contributed by atoms with E-state index in [1.807, 2.05) is 0 Å². The molecular weight excluding hydrogens is 662 g/mol. The lowest BCUT2D eigenvalue weighted by molar-refractivity contribution is -0.141. The monoisotopic (exact) mass is 709 g/mol. The van der Waals surface area contributed by atoms with Crippen molar-refractivity contribution in [1.82, 2.24) is 31.9 Å². The van der Waals surface area contributed by atoms with Gasteiger partial charge in [0.2, 0.25) is 29.5 Å². The van der Waals surface area contributed by atoms with Gasteiger partial charge in [0.15, 0.2) is 5.96 Å². The van der Waals surface area contributed by atoms with E-state index in [1.54, 1.807) is 60.7 Å². The Morgan fingerprint density at radius 1 is 0.608 bits per heavy atom. The number of hydrogen-bond acceptors (Lipinski definition) is 8. The highest BCUT2D eigenvalue weighted by molar-refractivity contribution is 5.99. The summed E-state index contributed by atoms with van der Waals surface area (Å²) in [6, 6.07) is 10.1. The fraction of sp³-hybridized carbons (Fsp3) is 0.412. The third-order valence-corrected chi connectivity index (χ3v) is 7.50. The summed E-state index contributed by atoms with van der Waals surface area (Å²) in [5.74, 6) is -5.52. The van der Waals surface area contributed by atoms with Gasteiger partial charge in [-0.3, -0.25) is 38.6 Å². The van der Waals surface area contributed by atoms with Gasteiger partial charge in [0.05, 0.1) is 0 Å². The lowest BCUT2D eigenvalue weighted by Crippen LogP contribution is -2.58. The first-order valence-corrected chi connectivity index (χ1v) is 16.3. The van der Waals surface area contributed by atoms with Crippen molar-refractivity contribution in [2.75, 3.05) is 6.54 Å². The third kappa shape index (κ3) is 14.6. The van der Waals surface area contributed by atoms with Crippen molar-refractivity contribution in [3.63, 3.8) is 0 Å². The van der Waals surface area contributed by atoms with Crippen LogP contribution in [0.1, 0.15) is 56.5 Å². The highest BCUT2D eigenvalue weighted by Gasteiger charge is 2.30. The van der Waals surface area contributed by atoms with Crippen LogP contribution in [0.2, 0.25) is 0 Å². The number of carboxylic acids is 1. The maximum atomic E-state index is 13.4. The second-order valence-corrected chi connectivity index (χ2v) is 11.9. The smallest absolute Gasteiger partial charge is 0.325 e.